The molecular formula is C31H29N9O2. The minimum absolute atomic E-state index is 0.0384. The molecule has 0 bridgehead atoms. The molecule has 1 amide bonds. The molecule has 1 saturated heterocycles. The molecule has 0 spiro atoms. The monoisotopic (exact) mass is 559 g/mol. The number of rotatable bonds is 6. The molecule has 42 heavy (non-hydrogen) atoms. The van der Waals surface area contributed by atoms with Gasteiger partial charge in [-0.3, -0.25) is 9.78 Å². The van der Waals surface area contributed by atoms with Crippen LogP contribution in [0.2, 0.25) is 0 Å². The average Bonchev–Trinajstić information content (AvgIpc) is 3.77. The Bertz CT molecular complexity index is 1870. The van der Waals surface area contributed by atoms with Gasteiger partial charge in [0.25, 0.3) is 5.91 Å². The van der Waals surface area contributed by atoms with Gasteiger partial charge in [0, 0.05) is 36.7 Å². The highest BCUT2D eigenvalue weighted by molar-refractivity contribution is 5.93. The molecule has 11 nitrogen and oxygen atoms in total. The van der Waals surface area contributed by atoms with E-state index in [0.29, 0.717) is 41.6 Å². The van der Waals surface area contributed by atoms with Crippen molar-refractivity contribution >= 4 is 17.0 Å². The molecular weight excluding hydrogens is 530 g/mol. The molecule has 2 aromatic carbocycles. The van der Waals surface area contributed by atoms with Crippen LogP contribution >= 0.6 is 0 Å². The number of carbonyl (C=O) groups is 1. The SMILES string of the molecule is Cc1cn(-c2ccc3oc(-c4ccnc(C(=O)N5CCC([C@H](c6ccccc6)n6nnc(C)n6)CC5)c4)nc3c2)cn1. The molecule has 0 radical (unpaired) electrons. The number of aryl methyl sites for hydroxylation is 2. The van der Waals surface area contributed by atoms with Crippen LogP contribution in [0.4, 0.5) is 0 Å². The van der Waals surface area contributed by atoms with E-state index in [1.54, 1.807) is 23.4 Å². The number of nitrogens with zero attached hydrogens (tertiary/aromatic N) is 9. The van der Waals surface area contributed by atoms with Gasteiger partial charge in [-0.05, 0) is 73.7 Å². The molecule has 7 rings (SSSR count). The molecule has 5 heterocycles. The number of carbonyl (C=O) groups excluding carboxylic acids is 1. The Labute approximate surface area is 241 Å². The Morgan fingerprint density at radius 3 is 2.57 bits per heavy atom. The predicted molar refractivity (Wildman–Crippen MR) is 155 cm³/mol. The Hall–Kier alpha value is -5.19. The van der Waals surface area contributed by atoms with Crippen molar-refractivity contribution in [1.82, 2.24) is 44.6 Å². The summed E-state index contributed by atoms with van der Waals surface area (Å²) in [6, 6.07) is 19.6. The third-order valence-corrected chi connectivity index (χ3v) is 7.80. The largest absolute Gasteiger partial charge is 0.436 e. The number of tetrazole rings is 1. The third-order valence-electron chi connectivity index (χ3n) is 7.80. The van der Waals surface area contributed by atoms with Crippen molar-refractivity contribution in [3.8, 4) is 17.1 Å². The van der Waals surface area contributed by atoms with E-state index in [1.807, 2.05) is 72.0 Å². The van der Waals surface area contributed by atoms with E-state index in [2.05, 4.69) is 37.5 Å². The molecule has 210 valence electrons. The van der Waals surface area contributed by atoms with Gasteiger partial charge in [0.15, 0.2) is 11.4 Å². The number of hydrogen-bond acceptors (Lipinski definition) is 8. The van der Waals surface area contributed by atoms with E-state index >= 15 is 0 Å². The number of amides is 1. The lowest BCUT2D eigenvalue weighted by Gasteiger charge is -2.35. The molecule has 4 aromatic heterocycles. The van der Waals surface area contributed by atoms with Gasteiger partial charge in [0.05, 0.1) is 12.0 Å². The number of hydrogen-bond donors (Lipinski definition) is 0. The first-order chi connectivity index (χ1) is 20.5. The molecule has 0 saturated carbocycles. The zero-order chi connectivity index (χ0) is 28.6. The molecule has 1 aliphatic heterocycles. The number of oxazole rings is 1. The second-order valence-electron chi connectivity index (χ2n) is 10.7. The molecule has 1 aliphatic rings. The first kappa shape index (κ1) is 25.8. The smallest absolute Gasteiger partial charge is 0.272 e. The van der Waals surface area contributed by atoms with Gasteiger partial charge >= 0.3 is 0 Å². The maximum atomic E-state index is 13.5. The van der Waals surface area contributed by atoms with Crippen molar-refractivity contribution in [2.24, 2.45) is 5.92 Å². The van der Waals surface area contributed by atoms with Gasteiger partial charge < -0.3 is 13.9 Å². The molecule has 6 aromatic rings. The van der Waals surface area contributed by atoms with E-state index in [4.69, 9.17) is 9.40 Å². The second kappa shape index (κ2) is 10.7. The van der Waals surface area contributed by atoms with Crippen LogP contribution in [0.3, 0.4) is 0 Å². The summed E-state index contributed by atoms with van der Waals surface area (Å²) in [6.07, 6.45) is 6.99. The summed E-state index contributed by atoms with van der Waals surface area (Å²) in [5.41, 5.74) is 5.49. The molecule has 0 aliphatic carbocycles. The van der Waals surface area contributed by atoms with Crippen molar-refractivity contribution in [1.29, 1.82) is 0 Å². The Balaban J connectivity index is 1.08. The summed E-state index contributed by atoms with van der Waals surface area (Å²) in [7, 11) is 0. The Morgan fingerprint density at radius 2 is 1.83 bits per heavy atom. The Morgan fingerprint density at radius 1 is 1.00 bits per heavy atom. The minimum Gasteiger partial charge on any atom is -0.436 e. The van der Waals surface area contributed by atoms with Gasteiger partial charge in [-0.1, -0.05) is 30.3 Å². The van der Waals surface area contributed by atoms with Gasteiger partial charge in [-0.2, -0.15) is 4.80 Å². The lowest BCUT2D eigenvalue weighted by atomic mass is 9.85. The van der Waals surface area contributed by atoms with Gasteiger partial charge in [-0.15, -0.1) is 10.2 Å². The van der Waals surface area contributed by atoms with Crippen LogP contribution in [0, 0.1) is 19.8 Å². The van der Waals surface area contributed by atoms with Gasteiger partial charge in [0.2, 0.25) is 5.89 Å². The molecule has 1 fully saturated rings. The first-order valence-corrected chi connectivity index (χ1v) is 14.0. The molecule has 0 N–H and O–H groups in total. The summed E-state index contributed by atoms with van der Waals surface area (Å²) in [5, 5.41) is 12.9. The van der Waals surface area contributed by atoms with E-state index < -0.39 is 0 Å². The fourth-order valence-electron chi connectivity index (χ4n) is 5.68. The van der Waals surface area contributed by atoms with E-state index in [0.717, 1.165) is 35.3 Å². The highest BCUT2D eigenvalue weighted by Gasteiger charge is 2.32. The number of likely N-dealkylation sites (tertiary alicyclic amines) is 1. The zero-order valence-electron chi connectivity index (χ0n) is 23.3. The quantitative estimate of drug-likeness (QED) is 0.285. The van der Waals surface area contributed by atoms with E-state index in [1.165, 1.54) is 0 Å². The molecule has 11 heteroatoms. The van der Waals surface area contributed by atoms with Gasteiger partial charge in [0.1, 0.15) is 17.3 Å². The summed E-state index contributed by atoms with van der Waals surface area (Å²) < 4.78 is 7.99. The fraction of sp³-hybridized carbons (Fsp3) is 0.258. The highest BCUT2D eigenvalue weighted by atomic mass is 16.3. The van der Waals surface area contributed by atoms with Crippen molar-refractivity contribution in [3.63, 3.8) is 0 Å². The maximum absolute atomic E-state index is 13.5. The average molecular weight is 560 g/mol. The zero-order valence-corrected chi connectivity index (χ0v) is 23.3. The fourth-order valence-corrected chi connectivity index (χ4v) is 5.68. The minimum atomic E-state index is -0.102. The van der Waals surface area contributed by atoms with Gasteiger partial charge in [-0.25, -0.2) is 9.97 Å². The number of aromatic nitrogens is 8. The van der Waals surface area contributed by atoms with Crippen molar-refractivity contribution in [3.05, 3.63) is 102 Å². The lowest BCUT2D eigenvalue weighted by Crippen LogP contribution is -2.41. The van der Waals surface area contributed by atoms with E-state index in [9.17, 15) is 4.79 Å². The highest BCUT2D eigenvalue weighted by Crippen LogP contribution is 2.34. The van der Waals surface area contributed by atoms with Crippen LogP contribution in [0.5, 0.6) is 0 Å². The number of benzene rings is 2. The van der Waals surface area contributed by atoms with Crippen molar-refractivity contribution in [2.45, 2.75) is 32.7 Å². The summed E-state index contributed by atoms with van der Waals surface area (Å²) in [4.78, 5) is 30.5. The lowest BCUT2D eigenvalue weighted by molar-refractivity contribution is 0.0658. The van der Waals surface area contributed by atoms with Crippen LogP contribution in [-0.4, -0.2) is 63.6 Å². The van der Waals surface area contributed by atoms with Crippen molar-refractivity contribution in [2.75, 3.05) is 13.1 Å². The summed E-state index contributed by atoms with van der Waals surface area (Å²) in [6.45, 7) is 5.03. The number of imidazole rings is 1. The first-order valence-electron chi connectivity index (χ1n) is 14.0. The molecule has 1 atom stereocenters. The van der Waals surface area contributed by atoms with E-state index in [-0.39, 0.29) is 17.9 Å². The van der Waals surface area contributed by atoms with Crippen LogP contribution in [0.1, 0.15) is 46.5 Å². The number of pyridine rings is 1. The third kappa shape index (κ3) is 4.93. The van der Waals surface area contributed by atoms with Crippen molar-refractivity contribution < 1.29 is 9.21 Å². The maximum Gasteiger partial charge on any atom is 0.272 e. The summed E-state index contributed by atoms with van der Waals surface area (Å²) in [5.74, 6) is 1.25. The van der Waals surface area contributed by atoms with Crippen LogP contribution in [0.25, 0.3) is 28.2 Å². The molecule has 0 unspecified atom stereocenters. The standard InChI is InChI=1S/C31H29N9O2/c1-20-18-39(19-33-20)25-8-9-28-26(17-25)34-30(42-28)24-10-13-32-27(16-24)31(41)38-14-11-23(12-15-38)29(22-6-4-3-5-7-22)40-36-21(2)35-37-40/h3-10,13,16-19,23,29H,11-12,14-15H2,1-2H3/t29-/m0/s1. The number of piperidine rings is 1. The topological polar surface area (TPSA) is 121 Å². The Kier molecular flexibility index (Phi) is 6.54. The number of fused-ring (bicyclic) bond motifs is 1. The summed E-state index contributed by atoms with van der Waals surface area (Å²) >= 11 is 0. The second-order valence-corrected chi connectivity index (χ2v) is 10.7. The normalized spacial score (nSPS) is 14.9. The van der Waals surface area contributed by atoms with Crippen LogP contribution < -0.4 is 0 Å². The van der Waals surface area contributed by atoms with Crippen LogP contribution in [0.15, 0.2) is 83.8 Å². The predicted octanol–water partition coefficient (Wildman–Crippen LogP) is 4.82. The van der Waals surface area contributed by atoms with Crippen LogP contribution in [-0.2, 0) is 0 Å².